The van der Waals surface area contributed by atoms with Gasteiger partial charge in [-0.1, -0.05) is 17.7 Å². The van der Waals surface area contributed by atoms with E-state index in [9.17, 15) is 4.79 Å². The van der Waals surface area contributed by atoms with E-state index < -0.39 is 0 Å². The zero-order chi connectivity index (χ0) is 11.4. The summed E-state index contributed by atoms with van der Waals surface area (Å²) >= 11 is 0. The van der Waals surface area contributed by atoms with Gasteiger partial charge in [0.2, 0.25) is 6.08 Å². The van der Waals surface area contributed by atoms with E-state index in [1.165, 1.54) is 5.56 Å². The summed E-state index contributed by atoms with van der Waals surface area (Å²) in [5.41, 5.74) is 1.22. The molecule has 0 N–H and O–H groups in total. The van der Waals surface area contributed by atoms with Crippen LogP contribution in [0.3, 0.4) is 0 Å². The smallest absolute Gasteiger partial charge is 0.235 e. The predicted octanol–water partition coefficient (Wildman–Crippen LogP) is 2.63. The average molecular weight is 217 g/mol. The summed E-state index contributed by atoms with van der Waals surface area (Å²) in [6.45, 7) is 2.05. The first-order chi connectivity index (χ1) is 7.78. The molecule has 1 aromatic carbocycles. The van der Waals surface area contributed by atoms with E-state index in [2.05, 4.69) is 4.99 Å². The third-order valence-electron chi connectivity index (χ3n) is 2.92. The first kappa shape index (κ1) is 10.9. The van der Waals surface area contributed by atoms with Gasteiger partial charge in [-0.2, -0.15) is 0 Å². The Morgan fingerprint density at radius 1 is 1.31 bits per heavy atom. The summed E-state index contributed by atoms with van der Waals surface area (Å²) in [5, 5.41) is 0. The van der Waals surface area contributed by atoms with Gasteiger partial charge in [0.25, 0.3) is 0 Å². The van der Waals surface area contributed by atoms with Crippen LogP contribution in [0, 0.1) is 6.92 Å². The fourth-order valence-corrected chi connectivity index (χ4v) is 2.03. The Morgan fingerprint density at radius 3 is 2.75 bits per heavy atom. The van der Waals surface area contributed by atoms with Gasteiger partial charge in [-0.15, -0.1) is 0 Å². The molecule has 0 heterocycles. The molecule has 2 atom stereocenters. The molecule has 84 valence electrons. The Morgan fingerprint density at radius 2 is 2.06 bits per heavy atom. The van der Waals surface area contributed by atoms with Crippen LogP contribution >= 0.6 is 0 Å². The van der Waals surface area contributed by atoms with Gasteiger partial charge in [0.05, 0.1) is 6.04 Å². The van der Waals surface area contributed by atoms with E-state index in [4.69, 9.17) is 4.74 Å². The highest BCUT2D eigenvalue weighted by atomic mass is 16.5. The summed E-state index contributed by atoms with van der Waals surface area (Å²) < 4.78 is 5.82. The molecule has 0 amide bonds. The Hall–Kier alpha value is -1.60. The Bertz CT molecular complexity index is 393. The van der Waals surface area contributed by atoms with E-state index in [1.54, 1.807) is 6.08 Å². The van der Waals surface area contributed by atoms with Crippen LogP contribution in [0.4, 0.5) is 0 Å². The first-order valence-electron chi connectivity index (χ1n) is 5.58. The number of aryl methyl sites for hydroxylation is 1. The molecule has 0 saturated heterocycles. The minimum absolute atomic E-state index is 0.105. The van der Waals surface area contributed by atoms with Crippen molar-refractivity contribution in [2.75, 3.05) is 0 Å². The van der Waals surface area contributed by atoms with Crippen molar-refractivity contribution in [3.63, 3.8) is 0 Å². The number of rotatable bonds is 3. The largest absolute Gasteiger partial charge is 0.490 e. The second-order valence-corrected chi connectivity index (χ2v) is 4.24. The van der Waals surface area contributed by atoms with Crippen LogP contribution in [0.5, 0.6) is 5.75 Å². The van der Waals surface area contributed by atoms with Gasteiger partial charge in [0.15, 0.2) is 0 Å². The number of aliphatic imine (C=N–C) groups is 1. The first-order valence-corrected chi connectivity index (χ1v) is 5.58. The summed E-state index contributed by atoms with van der Waals surface area (Å²) in [6, 6.07) is 8.13. The summed E-state index contributed by atoms with van der Waals surface area (Å²) in [5.74, 6) is 0.895. The van der Waals surface area contributed by atoms with Crippen molar-refractivity contribution in [2.24, 2.45) is 4.99 Å². The number of isocyanates is 1. The van der Waals surface area contributed by atoms with Gasteiger partial charge in [0, 0.05) is 6.42 Å². The molecule has 2 rings (SSSR count). The van der Waals surface area contributed by atoms with Crippen molar-refractivity contribution in [1.82, 2.24) is 0 Å². The van der Waals surface area contributed by atoms with E-state index in [0.29, 0.717) is 0 Å². The molecular weight excluding hydrogens is 202 g/mol. The van der Waals surface area contributed by atoms with Crippen LogP contribution in [-0.4, -0.2) is 18.2 Å². The van der Waals surface area contributed by atoms with Crippen molar-refractivity contribution in [2.45, 2.75) is 38.3 Å². The minimum atomic E-state index is 0.105. The van der Waals surface area contributed by atoms with Crippen LogP contribution in [0.1, 0.15) is 24.8 Å². The lowest BCUT2D eigenvalue weighted by molar-refractivity contribution is 0.208. The Kier molecular flexibility index (Phi) is 3.37. The van der Waals surface area contributed by atoms with E-state index in [-0.39, 0.29) is 12.1 Å². The van der Waals surface area contributed by atoms with E-state index in [0.717, 1.165) is 25.0 Å². The summed E-state index contributed by atoms with van der Waals surface area (Å²) in [4.78, 5) is 13.9. The van der Waals surface area contributed by atoms with Crippen LogP contribution < -0.4 is 4.74 Å². The number of nitrogens with zero attached hydrogens (tertiary/aromatic N) is 1. The van der Waals surface area contributed by atoms with Crippen LogP contribution in [-0.2, 0) is 4.79 Å². The Labute approximate surface area is 95.2 Å². The molecular formula is C13H15NO2. The molecule has 1 aliphatic carbocycles. The third kappa shape index (κ3) is 2.71. The second-order valence-electron chi connectivity index (χ2n) is 4.24. The van der Waals surface area contributed by atoms with E-state index >= 15 is 0 Å². The lowest BCUT2D eigenvalue weighted by atomic mass is 10.2. The van der Waals surface area contributed by atoms with Crippen molar-refractivity contribution in [3.8, 4) is 5.75 Å². The second kappa shape index (κ2) is 4.95. The topological polar surface area (TPSA) is 38.7 Å². The number of hydrogen-bond acceptors (Lipinski definition) is 3. The molecule has 0 aliphatic heterocycles. The third-order valence-corrected chi connectivity index (χ3v) is 2.92. The number of hydrogen-bond donors (Lipinski definition) is 0. The lowest BCUT2D eigenvalue weighted by Gasteiger charge is -2.13. The molecule has 0 aromatic heterocycles. The SMILES string of the molecule is Cc1ccc(OC2CCC(N=C=O)C2)cc1. The van der Waals surface area contributed by atoms with Crippen molar-refractivity contribution < 1.29 is 9.53 Å². The maximum absolute atomic E-state index is 10.1. The predicted molar refractivity (Wildman–Crippen MR) is 61.4 cm³/mol. The van der Waals surface area contributed by atoms with Crippen molar-refractivity contribution in [1.29, 1.82) is 0 Å². The van der Waals surface area contributed by atoms with E-state index in [1.807, 2.05) is 31.2 Å². The van der Waals surface area contributed by atoms with Gasteiger partial charge in [0.1, 0.15) is 11.9 Å². The van der Waals surface area contributed by atoms with Crippen LogP contribution in [0.25, 0.3) is 0 Å². The molecule has 1 aliphatic rings. The highest BCUT2D eigenvalue weighted by Gasteiger charge is 2.25. The average Bonchev–Trinajstić information content (AvgIpc) is 2.70. The van der Waals surface area contributed by atoms with Gasteiger partial charge >= 0.3 is 0 Å². The number of benzene rings is 1. The molecule has 0 spiro atoms. The summed E-state index contributed by atoms with van der Waals surface area (Å²) in [6.07, 6.45) is 4.51. The standard InChI is InChI=1S/C13H15NO2/c1-10-2-5-12(6-3-10)16-13-7-4-11(8-13)14-9-15/h2-3,5-6,11,13H,4,7-8H2,1H3. The molecule has 1 fully saturated rings. The monoisotopic (exact) mass is 217 g/mol. The fourth-order valence-electron chi connectivity index (χ4n) is 2.03. The highest BCUT2D eigenvalue weighted by molar-refractivity contribution is 5.33. The lowest BCUT2D eigenvalue weighted by Crippen LogP contribution is -2.12. The molecule has 1 aromatic rings. The zero-order valence-electron chi connectivity index (χ0n) is 9.35. The molecule has 0 radical (unpaired) electrons. The molecule has 3 heteroatoms. The maximum Gasteiger partial charge on any atom is 0.235 e. The van der Waals surface area contributed by atoms with Crippen molar-refractivity contribution >= 4 is 6.08 Å². The number of ether oxygens (including phenoxy) is 1. The normalized spacial score (nSPS) is 23.8. The molecule has 1 saturated carbocycles. The van der Waals surface area contributed by atoms with Gasteiger partial charge in [-0.3, -0.25) is 0 Å². The van der Waals surface area contributed by atoms with Crippen LogP contribution in [0.2, 0.25) is 0 Å². The molecule has 16 heavy (non-hydrogen) atoms. The minimum Gasteiger partial charge on any atom is -0.490 e. The summed E-state index contributed by atoms with van der Waals surface area (Å²) in [7, 11) is 0. The molecule has 2 unspecified atom stereocenters. The molecule has 3 nitrogen and oxygen atoms in total. The molecule has 0 bridgehead atoms. The van der Waals surface area contributed by atoms with Crippen LogP contribution in [0.15, 0.2) is 29.3 Å². The van der Waals surface area contributed by atoms with Gasteiger partial charge in [-0.25, -0.2) is 9.79 Å². The van der Waals surface area contributed by atoms with Gasteiger partial charge in [-0.05, 0) is 31.9 Å². The zero-order valence-corrected chi connectivity index (χ0v) is 9.35. The quantitative estimate of drug-likeness (QED) is 0.576. The Balaban J connectivity index is 1.91. The highest BCUT2D eigenvalue weighted by Crippen LogP contribution is 2.26. The van der Waals surface area contributed by atoms with Gasteiger partial charge < -0.3 is 4.74 Å². The fraction of sp³-hybridized carbons (Fsp3) is 0.462. The number of carbonyl (C=O) groups excluding carboxylic acids is 1. The van der Waals surface area contributed by atoms with Crippen molar-refractivity contribution in [3.05, 3.63) is 29.8 Å². The maximum atomic E-state index is 10.1.